The van der Waals surface area contributed by atoms with Crippen molar-refractivity contribution in [2.75, 3.05) is 0 Å². The SMILES string of the molecule is C=CC(C#CCC)OC(=O)C1C(C)(C)C1(C)C. The van der Waals surface area contributed by atoms with Gasteiger partial charge in [0.15, 0.2) is 6.10 Å². The molecule has 1 atom stereocenters. The molecule has 1 fully saturated rings. The number of rotatable bonds is 3. The molecule has 94 valence electrons. The van der Waals surface area contributed by atoms with Gasteiger partial charge in [0.05, 0.1) is 5.92 Å². The van der Waals surface area contributed by atoms with Crippen LogP contribution in [0.15, 0.2) is 12.7 Å². The first-order valence-corrected chi connectivity index (χ1v) is 6.10. The van der Waals surface area contributed by atoms with Crippen LogP contribution >= 0.6 is 0 Å². The van der Waals surface area contributed by atoms with E-state index in [0.29, 0.717) is 0 Å². The van der Waals surface area contributed by atoms with Gasteiger partial charge in [-0.25, -0.2) is 0 Å². The zero-order valence-electron chi connectivity index (χ0n) is 11.5. The van der Waals surface area contributed by atoms with Gasteiger partial charge < -0.3 is 4.74 Å². The lowest BCUT2D eigenvalue weighted by molar-refractivity contribution is -0.147. The van der Waals surface area contributed by atoms with E-state index in [0.717, 1.165) is 6.42 Å². The highest BCUT2D eigenvalue weighted by molar-refractivity contribution is 5.79. The van der Waals surface area contributed by atoms with Crippen LogP contribution in [0.25, 0.3) is 0 Å². The summed E-state index contributed by atoms with van der Waals surface area (Å²) in [5.41, 5.74) is 0.0158. The number of esters is 1. The Bertz CT molecular complexity index is 365. The van der Waals surface area contributed by atoms with Gasteiger partial charge in [-0.05, 0) is 16.9 Å². The first-order chi connectivity index (χ1) is 7.79. The molecule has 1 aliphatic carbocycles. The number of ether oxygens (including phenoxy) is 1. The summed E-state index contributed by atoms with van der Waals surface area (Å²) in [6.45, 7) is 14.0. The van der Waals surface area contributed by atoms with Crippen LogP contribution in [0.1, 0.15) is 41.0 Å². The predicted octanol–water partition coefficient (Wildman–Crippen LogP) is 3.18. The molecule has 0 saturated heterocycles. The molecular formula is C15H22O2. The summed E-state index contributed by atoms with van der Waals surface area (Å²) in [4.78, 5) is 12.0. The van der Waals surface area contributed by atoms with Crippen molar-refractivity contribution in [1.29, 1.82) is 0 Å². The number of hydrogen-bond acceptors (Lipinski definition) is 2. The van der Waals surface area contributed by atoms with Crippen LogP contribution in [0, 0.1) is 28.6 Å². The zero-order valence-corrected chi connectivity index (χ0v) is 11.5. The van der Waals surface area contributed by atoms with E-state index in [-0.39, 0.29) is 22.7 Å². The molecule has 0 aromatic rings. The fourth-order valence-corrected chi connectivity index (χ4v) is 2.32. The first kappa shape index (κ1) is 13.8. The van der Waals surface area contributed by atoms with Crippen LogP contribution in [0.3, 0.4) is 0 Å². The van der Waals surface area contributed by atoms with E-state index >= 15 is 0 Å². The van der Waals surface area contributed by atoms with Gasteiger partial charge in [0.25, 0.3) is 0 Å². The number of hydrogen-bond donors (Lipinski definition) is 0. The van der Waals surface area contributed by atoms with E-state index in [9.17, 15) is 4.79 Å². The minimum absolute atomic E-state index is 0.00792. The average Bonchev–Trinajstić information content (AvgIpc) is 2.64. The minimum atomic E-state index is -0.477. The number of carbonyl (C=O) groups is 1. The van der Waals surface area contributed by atoms with Crippen LogP contribution in [0.5, 0.6) is 0 Å². The topological polar surface area (TPSA) is 26.3 Å². The van der Waals surface area contributed by atoms with Crippen molar-refractivity contribution in [1.82, 2.24) is 0 Å². The third-order valence-electron chi connectivity index (χ3n) is 4.13. The molecule has 0 bridgehead atoms. The van der Waals surface area contributed by atoms with Gasteiger partial charge in [-0.3, -0.25) is 4.79 Å². The predicted molar refractivity (Wildman–Crippen MR) is 69.2 cm³/mol. The van der Waals surface area contributed by atoms with E-state index in [2.05, 4.69) is 46.1 Å². The number of carbonyl (C=O) groups excluding carboxylic acids is 1. The van der Waals surface area contributed by atoms with E-state index < -0.39 is 6.10 Å². The van der Waals surface area contributed by atoms with Crippen LogP contribution in [0.2, 0.25) is 0 Å². The zero-order chi connectivity index (χ0) is 13.3. The summed E-state index contributed by atoms with van der Waals surface area (Å²) in [5.74, 6) is 5.59. The van der Waals surface area contributed by atoms with E-state index in [1.807, 2.05) is 6.92 Å². The molecular weight excluding hydrogens is 212 g/mol. The lowest BCUT2D eigenvalue weighted by Gasteiger charge is -2.09. The second-order valence-electron chi connectivity index (χ2n) is 5.64. The fourth-order valence-electron chi connectivity index (χ4n) is 2.32. The van der Waals surface area contributed by atoms with Crippen LogP contribution in [-0.2, 0) is 9.53 Å². The van der Waals surface area contributed by atoms with Crippen LogP contribution < -0.4 is 0 Å². The molecule has 1 rings (SSSR count). The molecule has 17 heavy (non-hydrogen) atoms. The third kappa shape index (κ3) is 2.39. The van der Waals surface area contributed by atoms with E-state index in [1.165, 1.54) is 0 Å². The Balaban J connectivity index is 2.65. The fraction of sp³-hybridized carbons (Fsp3) is 0.667. The Labute approximate surface area is 104 Å². The molecule has 1 saturated carbocycles. The lowest BCUT2D eigenvalue weighted by atomic mass is 10.0. The smallest absolute Gasteiger partial charge is 0.311 e. The summed E-state index contributed by atoms with van der Waals surface area (Å²) < 4.78 is 5.37. The molecule has 0 heterocycles. The van der Waals surface area contributed by atoms with Gasteiger partial charge >= 0.3 is 5.97 Å². The van der Waals surface area contributed by atoms with E-state index in [4.69, 9.17) is 4.74 Å². The van der Waals surface area contributed by atoms with Gasteiger partial charge in [-0.15, -0.1) is 0 Å². The third-order valence-corrected chi connectivity index (χ3v) is 4.13. The van der Waals surface area contributed by atoms with Crippen molar-refractivity contribution >= 4 is 5.97 Å². The van der Waals surface area contributed by atoms with Crippen molar-refractivity contribution in [3.05, 3.63) is 12.7 Å². The Hall–Kier alpha value is -1.23. The summed E-state index contributed by atoms with van der Waals surface area (Å²) in [6.07, 6.45) is 1.85. The van der Waals surface area contributed by atoms with Gasteiger partial charge in [0, 0.05) is 6.42 Å². The summed E-state index contributed by atoms with van der Waals surface area (Å²) in [6, 6.07) is 0. The molecule has 2 heteroatoms. The van der Waals surface area contributed by atoms with Crippen molar-refractivity contribution in [2.24, 2.45) is 16.7 Å². The van der Waals surface area contributed by atoms with Crippen molar-refractivity contribution in [3.8, 4) is 11.8 Å². The molecule has 0 aromatic carbocycles. The monoisotopic (exact) mass is 234 g/mol. The Kier molecular flexibility index (Phi) is 3.71. The normalized spacial score (nSPS) is 21.9. The average molecular weight is 234 g/mol. The summed E-state index contributed by atoms with van der Waals surface area (Å²) in [7, 11) is 0. The first-order valence-electron chi connectivity index (χ1n) is 6.10. The van der Waals surface area contributed by atoms with Crippen LogP contribution in [0.4, 0.5) is 0 Å². The molecule has 0 spiro atoms. The standard InChI is InChI=1S/C15H22O2/c1-7-9-10-11(8-2)17-13(16)12-14(3,4)15(12,5)6/h8,11-12H,2,7H2,1,3-6H3. The highest BCUT2D eigenvalue weighted by Gasteiger charge is 2.69. The summed E-state index contributed by atoms with van der Waals surface area (Å²) in [5, 5.41) is 0. The maximum atomic E-state index is 12.0. The van der Waals surface area contributed by atoms with Gasteiger partial charge in [-0.2, -0.15) is 0 Å². The quantitative estimate of drug-likeness (QED) is 0.426. The molecule has 0 amide bonds. The molecule has 0 aliphatic heterocycles. The summed E-state index contributed by atoms with van der Waals surface area (Å²) >= 11 is 0. The molecule has 1 aliphatic rings. The second kappa shape index (κ2) is 4.56. The van der Waals surface area contributed by atoms with Gasteiger partial charge in [0.2, 0.25) is 0 Å². The molecule has 0 radical (unpaired) electrons. The van der Waals surface area contributed by atoms with Crippen molar-refractivity contribution in [2.45, 2.75) is 47.1 Å². The molecule has 2 nitrogen and oxygen atoms in total. The molecule has 1 unspecified atom stereocenters. The maximum Gasteiger partial charge on any atom is 0.311 e. The Morgan fingerprint density at radius 1 is 1.41 bits per heavy atom. The highest BCUT2D eigenvalue weighted by Crippen LogP contribution is 2.68. The second-order valence-corrected chi connectivity index (χ2v) is 5.64. The Morgan fingerprint density at radius 3 is 2.29 bits per heavy atom. The van der Waals surface area contributed by atoms with Crippen molar-refractivity contribution < 1.29 is 9.53 Å². The molecule has 0 N–H and O–H groups in total. The largest absolute Gasteiger partial charge is 0.445 e. The molecule has 0 aromatic heterocycles. The highest BCUT2D eigenvalue weighted by atomic mass is 16.5. The van der Waals surface area contributed by atoms with E-state index in [1.54, 1.807) is 6.08 Å². The van der Waals surface area contributed by atoms with Crippen LogP contribution in [-0.4, -0.2) is 12.1 Å². The minimum Gasteiger partial charge on any atom is -0.445 e. The maximum absolute atomic E-state index is 12.0. The lowest BCUT2D eigenvalue weighted by Crippen LogP contribution is -2.18. The Morgan fingerprint density at radius 2 is 1.94 bits per heavy atom. The van der Waals surface area contributed by atoms with Crippen molar-refractivity contribution in [3.63, 3.8) is 0 Å². The van der Waals surface area contributed by atoms with Gasteiger partial charge in [-0.1, -0.05) is 53.0 Å². The van der Waals surface area contributed by atoms with Gasteiger partial charge in [0.1, 0.15) is 0 Å².